The number of hydrogen-bond donors (Lipinski definition) is 2. The summed E-state index contributed by atoms with van der Waals surface area (Å²) in [6.07, 6.45) is 4.77. The number of ether oxygens (including phenoxy) is 1. The van der Waals surface area contributed by atoms with E-state index in [1.165, 1.54) is 16.6 Å². The Hall–Kier alpha value is -2.73. The molecule has 6 heteroatoms. The van der Waals surface area contributed by atoms with Gasteiger partial charge in [-0.2, -0.15) is 0 Å². The maximum Gasteiger partial charge on any atom is 0.270 e. The van der Waals surface area contributed by atoms with E-state index in [4.69, 9.17) is 4.74 Å². The van der Waals surface area contributed by atoms with Crippen LogP contribution in [0.3, 0.4) is 0 Å². The van der Waals surface area contributed by atoms with Crippen LogP contribution >= 0.6 is 0 Å². The van der Waals surface area contributed by atoms with Gasteiger partial charge in [0.15, 0.2) is 0 Å². The topological polar surface area (TPSA) is 62.3 Å². The number of carbonyl (C=O) groups excluding carboxylic acids is 1. The minimum Gasteiger partial charge on any atom is -0.497 e. The SMILES string of the molecule is COc1ccc2[nH]c3c(c2c1)CCNC31CCN(C(=O)c2cccn2C)CC1. The van der Waals surface area contributed by atoms with E-state index < -0.39 is 0 Å². The van der Waals surface area contributed by atoms with E-state index in [9.17, 15) is 4.79 Å². The summed E-state index contributed by atoms with van der Waals surface area (Å²) < 4.78 is 7.33. The van der Waals surface area contributed by atoms with Crippen LogP contribution < -0.4 is 10.1 Å². The summed E-state index contributed by atoms with van der Waals surface area (Å²) in [6.45, 7) is 2.48. The smallest absolute Gasteiger partial charge is 0.270 e. The molecule has 3 aromatic rings. The normalized spacial score (nSPS) is 18.4. The maximum atomic E-state index is 12.9. The molecule has 0 atom stereocenters. The lowest BCUT2D eigenvalue weighted by atomic mass is 9.79. The van der Waals surface area contributed by atoms with Gasteiger partial charge in [0.05, 0.1) is 12.6 Å². The van der Waals surface area contributed by atoms with E-state index in [2.05, 4.69) is 22.4 Å². The quantitative estimate of drug-likeness (QED) is 0.721. The Kier molecular flexibility index (Phi) is 3.98. The van der Waals surface area contributed by atoms with Crippen molar-refractivity contribution in [2.75, 3.05) is 26.7 Å². The minimum atomic E-state index is -0.0785. The Labute approximate surface area is 164 Å². The molecule has 1 fully saturated rings. The molecule has 0 bridgehead atoms. The molecule has 146 valence electrons. The Morgan fingerprint density at radius 3 is 2.75 bits per heavy atom. The van der Waals surface area contributed by atoms with Gasteiger partial charge in [0.1, 0.15) is 11.4 Å². The number of H-pyrrole nitrogens is 1. The zero-order valence-corrected chi connectivity index (χ0v) is 16.4. The van der Waals surface area contributed by atoms with Gasteiger partial charge >= 0.3 is 0 Å². The summed E-state index contributed by atoms with van der Waals surface area (Å²) in [5.74, 6) is 1.02. The number of piperidine rings is 1. The number of methoxy groups -OCH3 is 1. The molecule has 6 nitrogen and oxygen atoms in total. The van der Waals surface area contributed by atoms with Gasteiger partial charge < -0.3 is 24.5 Å². The van der Waals surface area contributed by atoms with Gasteiger partial charge in [0.25, 0.3) is 5.91 Å². The van der Waals surface area contributed by atoms with Crippen LogP contribution in [-0.4, -0.2) is 47.1 Å². The van der Waals surface area contributed by atoms with E-state index in [1.807, 2.05) is 40.9 Å². The fraction of sp³-hybridized carbons (Fsp3) is 0.409. The largest absolute Gasteiger partial charge is 0.497 e. The average Bonchev–Trinajstić information content (AvgIpc) is 3.32. The number of benzene rings is 1. The molecule has 2 aliphatic rings. The lowest BCUT2D eigenvalue weighted by molar-refractivity contribution is 0.0617. The van der Waals surface area contributed by atoms with E-state index in [0.717, 1.165) is 55.9 Å². The van der Waals surface area contributed by atoms with Crippen molar-refractivity contribution in [3.05, 3.63) is 53.5 Å². The summed E-state index contributed by atoms with van der Waals surface area (Å²) in [7, 11) is 3.63. The van der Waals surface area contributed by atoms with Crippen LogP contribution in [0.4, 0.5) is 0 Å². The molecule has 1 aromatic carbocycles. The van der Waals surface area contributed by atoms with Crippen LogP contribution in [0.1, 0.15) is 34.6 Å². The summed E-state index contributed by atoms with van der Waals surface area (Å²) >= 11 is 0. The highest BCUT2D eigenvalue weighted by molar-refractivity contribution is 5.93. The number of likely N-dealkylation sites (tertiary alicyclic amines) is 1. The predicted molar refractivity (Wildman–Crippen MR) is 109 cm³/mol. The van der Waals surface area contributed by atoms with E-state index in [0.29, 0.717) is 0 Å². The number of nitrogens with one attached hydrogen (secondary N) is 2. The molecule has 1 amide bonds. The Morgan fingerprint density at radius 2 is 2.04 bits per heavy atom. The first-order valence-electron chi connectivity index (χ1n) is 9.96. The summed E-state index contributed by atoms with van der Waals surface area (Å²) in [6, 6.07) is 10.1. The molecule has 0 radical (unpaired) electrons. The van der Waals surface area contributed by atoms with Crippen molar-refractivity contribution in [1.29, 1.82) is 0 Å². The van der Waals surface area contributed by atoms with Gasteiger partial charge in [0, 0.05) is 49.5 Å². The van der Waals surface area contributed by atoms with Crippen LogP contribution in [-0.2, 0) is 19.0 Å². The second-order valence-corrected chi connectivity index (χ2v) is 7.95. The number of carbonyl (C=O) groups is 1. The van der Waals surface area contributed by atoms with Crippen LogP contribution in [0, 0.1) is 0 Å². The van der Waals surface area contributed by atoms with Crippen molar-refractivity contribution < 1.29 is 9.53 Å². The van der Waals surface area contributed by atoms with Gasteiger partial charge in [0.2, 0.25) is 0 Å². The monoisotopic (exact) mass is 378 g/mol. The molecule has 1 spiro atoms. The fourth-order valence-corrected chi connectivity index (χ4v) is 4.90. The second kappa shape index (κ2) is 6.41. The number of aryl methyl sites for hydroxylation is 1. The number of aromatic amines is 1. The van der Waals surface area contributed by atoms with Crippen molar-refractivity contribution in [3.63, 3.8) is 0 Å². The highest BCUT2D eigenvalue weighted by atomic mass is 16.5. The zero-order chi connectivity index (χ0) is 19.3. The third kappa shape index (κ3) is 2.55. The van der Waals surface area contributed by atoms with Crippen molar-refractivity contribution in [3.8, 4) is 5.75 Å². The first-order chi connectivity index (χ1) is 13.6. The van der Waals surface area contributed by atoms with Crippen molar-refractivity contribution in [2.24, 2.45) is 7.05 Å². The van der Waals surface area contributed by atoms with Gasteiger partial charge in [-0.1, -0.05) is 0 Å². The number of hydrogen-bond acceptors (Lipinski definition) is 3. The molecular formula is C22H26N4O2. The Bertz CT molecular complexity index is 1040. The molecular weight excluding hydrogens is 352 g/mol. The number of nitrogens with zero attached hydrogens (tertiary/aromatic N) is 2. The number of aromatic nitrogens is 2. The summed E-state index contributed by atoms with van der Waals surface area (Å²) in [5.41, 5.74) is 4.54. The van der Waals surface area contributed by atoms with Gasteiger partial charge in [-0.25, -0.2) is 0 Å². The van der Waals surface area contributed by atoms with Crippen LogP contribution in [0.5, 0.6) is 5.75 Å². The Balaban J connectivity index is 1.44. The molecule has 5 rings (SSSR count). The van der Waals surface area contributed by atoms with Crippen molar-refractivity contribution in [2.45, 2.75) is 24.8 Å². The third-order valence-electron chi connectivity index (χ3n) is 6.50. The first kappa shape index (κ1) is 17.4. The summed E-state index contributed by atoms with van der Waals surface area (Å²) in [5, 5.41) is 5.04. The molecule has 28 heavy (non-hydrogen) atoms. The average molecular weight is 378 g/mol. The van der Waals surface area contributed by atoms with Crippen molar-refractivity contribution in [1.82, 2.24) is 19.8 Å². The predicted octanol–water partition coefficient (Wildman–Crippen LogP) is 2.79. The molecule has 0 unspecified atom stereocenters. The number of amides is 1. The van der Waals surface area contributed by atoms with E-state index in [-0.39, 0.29) is 11.4 Å². The van der Waals surface area contributed by atoms with Crippen LogP contribution in [0.2, 0.25) is 0 Å². The van der Waals surface area contributed by atoms with Gasteiger partial charge in [-0.3, -0.25) is 4.79 Å². The molecule has 2 aliphatic heterocycles. The lowest BCUT2D eigenvalue weighted by Gasteiger charge is -2.44. The molecule has 0 saturated carbocycles. The minimum absolute atomic E-state index is 0.0785. The van der Waals surface area contributed by atoms with Crippen molar-refractivity contribution >= 4 is 16.8 Å². The molecule has 1 saturated heterocycles. The molecule has 2 N–H and O–H groups in total. The Morgan fingerprint density at radius 1 is 1.21 bits per heavy atom. The number of fused-ring (bicyclic) bond motifs is 4. The van der Waals surface area contributed by atoms with Crippen LogP contribution in [0.15, 0.2) is 36.5 Å². The first-order valence-corrected chi connectivity index (χ1v) is 9.96. The van der Waals surface area contributed by atoms with E-state index >= 15 is 0 Å². The molecule has 2 aromatic heterocycles. The van der Waals surface area contributed by atoms with E-state index in [1.54, 1.807) is 7.11 Å². The van der Waals surface area contributed by atoms with Gasteiger partial charge in [-0.15, -0.1) is 0 Å². The molecule has 4 heterocycles. The highest BCUT2D eigenvalue weighted by Crippen LogP contribution is 2.41. The fourth-order valence-electron chi connectivity index (χ4n) is 4.90. The third-order valence-corrected chi connectivity index (χ3v) is 6.50. The second-order valence-electron chi connectivity index (χ2n) is 7.95. The molecule has 0 aliphatic carbocycles. The standard InChI is InChI=1S/C22H26N4O2/c1-25-11-3-4-19(25)21(27)26-12-8-22(9-13-26)20-16(7-10-23-22)17-14-15(28-2)5-6-18(17)24-20/h3-6,11,14,23-24H,7-10,12-13H2,1-2H3. The lowest BCUT2D eigenvalue weighted by Crippen LogP contribution is -2.55. The summed E-state index contributed by atoms with van der Waals surface area (Å²) in [4.78, 5) is 18.5. The van der Waals surface area contributed by atoms with Gasteiger partial charge in [-0.05, 0) is 55.2 Å². The highest BCUT2D eigenvalue weighted by Gasteiger charge is 2.42. The van der Waals surface area contributed by atoms with Crippen LogP contribution in [0.25, 0.3) is 10.9 Å². The zero-order valence-electron chi connectivity index (χ0n) is 16.4. The maximum absolute atomic E-state index is 12.9. The number of rotatable bonds is 2.